The molecular weight excluding hydrogens is 367 g/mol. The number of ether oxygens (including phenoxy) is 2. The maximum atomic E-state index is 13.5. The number of nitrogens with one attached hydrogen (secondary N) is 1. The minimum atomic E-state index is -0.613. The summed E-state index contributed by atoms with van der Waals surface area (Å²) < 4.78 is 23.8. The van der Waals surface area contributed by atoms with Crippen molar-refractivity contribution in [2.75, 3.05) is 24.7 Å². The van der Waals surface area contributed by atoms with Gasteiger partial charge in [0, 0.05) is 18.7 Å². The van der Waals surface area contributed by atoms with Crippen LogP contribution < -0.4 is 15.0 Å². The van der Waals surface area contributed by atoms with Crippen LogP contribution in [0.3, 0.4) is 0 Å². The van der Waals surface area contributed by atoms with Crippen LogP contribution in [0.4, 0.5) is 10.1 Å². The van der Waals surface area contributed by atoms with Gasteiger partial charge in [-0.3, -0.25) is 14.4 Å². The second kappa shape index (κ2) is 8.98. The lowest BCUT2D eigenvalue weighted by Gasteiger charge is -2.28. The predicted molar refractivity (Wildman–Crippen MR) is 98.1 cm³/mol. The molecule has 1 heterocycles. The molecule has 7 nitrogen and oxygen atoms in total. The Kier molecular flexibility index (Phi) is 6.21. The van der Waals surface area contributed by atoms with E-state index in [-0.39, 0.29) is 32.0 Å². The van der Waals surface area contributed by atoms with Crippen LogP contribution in [0, 0.1) is 5.82 Å². The molecule has 146 valence electrons. The fraction of sp³-hybridized carbons (Fsp3) is 0.250. The first kappa shape index (κ1) is 19.3. The number of carbonyl (C=O) groups excluding carboxylic acids is 3. The Morgan fingerprint density at radius 2 is 1.89 bits per heavy atom. The number of halogens is 1. The van der Waals surface area contributed by atoms with E-state index in [1.807, 2.05) is 0 Å². The molecule has 0 saturated carbocycles. The van der Waals surface area contributed by atoms with Gasteiger partial charge in [0.1, 0.15) is 11.6 Å². The highest BCUT2D eigenvalue weighted by Crippen LogP contribution is 2.31. The molecular formula is C20H19FN2O5. The lowest BCUT2D eigenvalue weighted by Crippen LogP contribution is -2.40. The molecule has 0 bridgehead atoms. The van der Waals surface area contributed by atoms with Crippen molar-refractivity contribution in [1.29, 1.82) is 0 Å². The number of hydrogen-bond donors (Lipinski definition) is 1. The third-order valence-corrected chi connectivity index (χ3v) is 4.15. The number of benzene rings is 2. The van der Waals surface area contributed by atoms with Gasteiger partial charge < -0.3 is 19.7 Å². The summed E-state index contributed by atoms with van der Waals surface area (Å²) in [5.41, 5.74) is 0.931. The first-order chi connectivity index (χ1) is 13.5. The highest BCUT2D eigenvalue weighted by atomic mass is 19.1. The van der Waals surface area contributed by atoms with Crippen molar-refractivity contribution in [2.45, 2.75) is 13.0 Å². The topological polar surface area (TPSA) is 84.9 Å². The molecule has 8 heteroatoms. The second-order valence-corrected chi connectivity index (χ2v) is 6.08. The summed E-state index contributed by atoms with van der Waals surface area (Å²) in [6, 6.07) is 13.1. The van der Waals surface area contributed by atoms with Crippen LogP contribution >= 0.6 is 0 Å². The lowest BCUT2D eigenvalue weighted by atomic mass is 10.2. The number of amides is 2. The van der Waals surface area contributed by atoms with Crippen LogP contribution in [0.25, 0.3) is 0 Å². The molecule has 0 atom stereocenters. The number of hydrogen-bond acceptors (Lipinski definition) is 5. The number of anilines is 1. The standard InChI is InChI=1S/C20H19FN2O5/c21-15-6-2-1-5-14(15)11-22-18(24)12-28-20(26)9-10-23-16-7-3-4-8-17(16)27-13-19(23)25/h1-8H,9-13H2,(H,22,24). The van der Waals surface area contributed by atoms with E-state index in [4.69, 9.17) is 9.47 Å². The maximum absolute atomic E-state index is 13.5. The Labute approximate surface area is 161 Å². The van der Waals surface area contributed by atoms with Gasteiger partial charge in [-0.05, 0) is 18.2 Å². The first-order valence-corrected chi connectivity index (χ1v) is 8.72. The van der Waals surface area contributed by atoms with Crippen LogP contribution in [0.5, 0.6) is 5.75 Å². The highest BCUT2D eigenvalue weighted by Gasteiger charge is 2.25. The maximum Gasteiger partial charge on any atom is 0.308 e. The normalized spacial score (nSPS) is 12.8. The van der Waals surface area contributed by atoms with Crippen LogP contribution in [0.1, 0.15) is 12.0 Å². The average Bonchev–Trinajstić information content (AvgIpc) is 2.71. The zero-order valence-electron chi connectivity index (χ0n) is 15.0. The zero-order chi connectivity index (χ0) is 19.9. The monoisotopic (exact) mass is 386 g/mol. The third kappa shape index (κ3) is 4.85. The van der Waals surface area contributed by atoms with Crippen molar-refractivity contribution < 1.29 is 28.2 Å². The summed E-state index contributed by atoms with van der Waals surface area (Å²) in [6.45, 7) is -0.442. The van der Waals surface area contributed by atoms with Crippen molar-refractivity contribution in [3.63, 3.8) is 0 Å². The van der Waals surface area contributed by atoms with Gasteiger partial charge in [-0.25, -0.2) is 4.39 Å². The second-order valence-electron chi connectivity index (χ2n) is 6.08. The summed E-state index contributed by atoms with van der Waals surface area (Å²) in [7, 11) is 0. The summed E-state index contributed by atoms with van der Waals surface area (Å²) >= 11 is 0. The van der Waals surface area contributed by atoms with Gasteiger partial charge in [-0.1, -0.05) is 30.3 Å². The molecule has 2 amide bonds. The van der Waals surface area contributed by atoms with Gasteiger partial charge in [0.25, 0.3) is 11.8 Å². The van der Waals surface area contributed by atoms with E-state index in [2.05, 4.69) is 5.32 Å². The fourth-order valence-corrected chi connectivity index (χ4v) is 2.71. The molecule has 0 aromatic heterocycles. The lowest BCUT2D eigenvalue weighted by molar-refractivity contribution is -0.148. The SMILES string of the molecule is O=C(COC(=O)CCN1C(=O)COc2ccccc21)NCc1ccccc1F. The van der Waals surface area contributed by atoms with E-state index < -0.39 is 24.3 Å². The van der Waals surface area contributed by atoms with Gasteiger partial charge in [0.2, 0.25) is 0 Å². The van der Waals surface area contributed by atoms with Gasteiger partial charge >= 0.3 is 5.97 Å². The Morgan fingerprint density at radius 1 is 1.14 bits per heavy atom. The van der Waals surface area contributed by atoms with E-state index in [1.54, 1.807) is 42.5 Å². The van der Waals surface area contributed by atoms with Gasteiger partial charge in [-0.15, -0.1) is 0 Å². The molecule has 2 aromatic carbocycles. The Balaban J connectivity index is 1.43. The molecule has 0 saturated heterocycles. The minimum absolute atomic E-state index is 0.00210. The molecule has 2 aromatic rings. The van der Waals surface area contributed by atoms with E-state index in [9.17, 15) is 18.8 Å². The number of esters is 1. The molecule has 0 radical (unpaired) electrons. The largest absolute Gasteiger partial charge is 0.482 e. The molecule has 1 N–H and O–H groups in total. The Bertz CT molecular complexity index is 886. The number of fused-ring (bicyclic) bond motifs is 1. The quantitative estimate of drug-likeness (QED) is 0.734. The van der Waals surface area contributed by atoms with Crippen molar-refractivity contribution in [3.05, 3.63) is 59.9 Å². The van der Waals surface area contributed by atoms with Gasteiger partial charge in [0.05, 0.1) is 12.1 Å². The summed E-state index contributed by atoms with van der Waals surface area (Å²) in [4.78, 5) is 37.2. The van der Waals surface area contributed by atoms with Gasteiger partial charge in [0.15, 0.2) is 13.2 Å². The van der Waals surface area contributed by atoms with Crippen LogP contribution in [0.15, 0.2) is 48.5 Å². The molecule has 0 fully saturated rings. The minimum Gasteiger partial charge on any atom is -0.482 e. The molecule has 1 aliphatic rings. The number of carbonyl (C=O) groups is 3. The number of rotatable bonds is 7. The van der Waals surface area contributed by atoms with Crippen molar-refractivity contribution >= 4 is 23.5 Å². The summed E-state index contributed by atoms with van der Waals surface area (Å²) in [5, 5.41) is 2.48. The molecule has 0 spiro atoms. The first-order valence-electron chi connectivity index (χ1n) is 8.72. The molecule has 0 unspecified atom stereocenters. The molecule has 0 aliphatic carbocycles. The van der Waals surface area contributed by atoms with Crippen LogP contribution in [-0.4, -0.2) is 37.5 Å². The van der Waals surface area contributed by atoms with Crippen molar-refractivity contribution in [3.8, 4) is 5.75 Å². The van der Waals surface area contributed by atoms with E-state index >= 15 is 0 Å². The summed E-state index contributed by atoms with van der Waals surface area (Å²) in [5.74, 6) is -1.26. The number of nitrogens with zero attached hydrogens (tertiary/aromatic N) is 1. The fourth-order valence-electron chi connectivity index (χ4n) is 2.71. The van der Waals surface area contributed by atoms with E-state index in [1.165, 1.54) is 11.0 Å². The van der Waals surface area contributed by atoms with Crippen LogP contribution in [0.2, 0.25) is 0 Å². The summed E-state index contributed by atoms with van der Waals surface area (Å²) in [6.07, 6.45) is -0.0688. The molecule has 1 aliphatic heterocycles. The van der Waals surface area contributed by atoms with Crippen molar-refractivity contribution in [2.24, 2.45) is 0 Å². The van der Waals surface area contributed by atoms with E-state index in [0.29, 0.717) is 17.0 Å². The van der Waals surface area contributed by atoms with Crippen molar-refractivity contribution in [1.82, 2.24) is 5.32 Å². The van der Waals surface area contributed by atoms with Gasteiger partial charge in [-0.2, -0.15) is 0 Å². The highest BCUT2D eigenvalue weighted by molar-refractivity contribution is 5.98. The number of para-hydroxylation sites is 2. The zero-order valence-corrected chi connectivity index (χ0v) is 15.0. The van der Waals surface area contributed by atoms with E-state index in [0.717, 1.165) is 0 Å². The third-order valence-electron chi connectivity index (χ3n) is 4.15. The predicted octanol–water partition coefficient (Wildman–Crippen LogP) is 1.80. The smallest absolute Gasteiger partial charge is 0.308 e. The average molecular weight is 386 g/mol. The molecule has 28 heavy (non-hydrogen) atoms. The Hall–Kier alpha value is -3.42. The molecule has 3 rings (SSSR count). The van der Waals surface area contributed by atoms with Crippen LogP contribution in [-0.2, 0) is 25.7 Å². The Morgan fingerprint density at radius 3 is 2.71 bits per heavy atom.